The molecule has 1 unspecified atom stereocenters. The molecule has 0 fully saturated rings. The van der Waals surface area contributed by atoms with Gasteiger partial charge >= 0.3 is 0 Å². The van der Waals surface area contributed by atoms with Crippen LogP contribution in [0, 0.1) is 13.8 Å². The lowest BCUT2D eigenvalue weighted by Crippen LogP contribution is -2.22. The molecule has 0 saturated carbocycles. The van der Waals surface area contributed by atoms with Crippen molar-refractivity contribution in [1.29, 1.82) is 0 Å². The van der Waals surface area contributed by atoms with Gasteiger partial charge in [-0.15, -0.1) is 11.3 Å². The minimum atomic E-state index is -3.80. The molecule has 0 bridgehead atoms. The van der Waals surface area contributed by atoms with Crippen molar-refractivity contribution in [3.8, 4) is 10.6 Å². The summed E-state index contributed by atoms with van der Waals surface area (Å²) in [4.78, 5) is 4.69. The lowest BCUT2D eigenvalue weighted by molar-refractivity contribution is 0.591. The van der Waals surface area contributed by atoms with Crippen LogP contribution in [0.1, 0.15) is 27.5 Å². The number of aromatic nitrogens is 1. The summed E-state index contributed by atoms with van der Waals surface area (Å²) in [6, 6.07) is 21.1. The molecule has 2 N–H and O–H groups in total. The summed E-state index contributed by atoms with van der Waals surface area (Å²) in [5.74, 6) is 0. The number of thiazole rings is 1. The van der Waals surface area contributed by atoms with Crippen molar-refractivity contribution in [3.05, 3.63) is 89.0 Å². The highest BCUT2D eigenvalue weighted by molar-refractivity contribution is 7.89. The first-order chi connectivity index (χ1) is 13.3. The molecule has 0 aliphatic heterocycles. The first-order valence-corrected chi connectivity index (χ1v) is 11.3. The van der Waals surface area contributed by atoms with Crippen molar-refractivity contribution in [1.82, 2.24) is 4.98 Å². The molecule has 0 radical (unpaired) electrons. The van der Waals surface area contributed by atoms with E-state index >= 15 is 0 Å². The quantitative estimate of drug-likeness (QED) is 0.519. The van der Waals surface area contributed by atoms with E-state index < -0.39 is 15.3 Å². The number of nitrogens with zero attached hydrogens (tertiary/aromatic N) is 1. The Morgan fingerprint density at radius 1 is 0.857 bits per heavy atom. The summed E-state index contributed by atoms with van der Waals surface area (Å²) in [6.45, 7) is 4.02. The van der Waals surface area contributed by atoms with Crippen LogP contribution in [0.25, 0.3) is 20.8 Å². The predicted octanol–water partition coefficient (Wildman–Crippen LogP) is 4.96. The molecule has 3 aromatic carbocycles. The molecule has 1 atom stereocenters. The van der Waals surface area contributed by atoms with Gasteiger partial charge in [0.15, 0.2) is 0 Å². The van der Waals surface area contributed by atoms with Gasteiger partial charge in [-0.1, -0.05) is 60.2 Å². The highest BCUT2D eigenvalue weighted by Gasteiger charge is 2.25. The van der Waals surface area contributed by atoms with Crippen molar-refractivity contribution in [2.24, 2.45) is 5.14 Å². The summed E-state index contributed by atoms with van der Waals surface area (Å²) in [5, 5.41) is 5.58. The van der Waals surface area contributed by atoms with Gasteiger partial charge in [0.1, 0.15) is 10.3 Å². The maximum atomic E-state index is 12.3. The lowest BCUT2D eigenvalue weighted by atomic mass is 10.0. The standard InChI is InChI=1S/C22H20N2O2S2/c1-14-3-6-16(7-4-14)21(28(23,25)26)17-8-10-18(11-9-17)22-24-19-12-5-15(2)13-20(19)27-22/h3-13,21H,1-2H3,(H2,23,25,26). The second kappa shape index (κ2) is 7.13. The highest BCUT2D eigenvalue weighted by Crippen LogP contribution is 2.33. The molecule has 28 heavy (non-hydrogen) atoms. The first kappa shape index (κ1) is 18.8. The van der Waals surface area contributed by atoms with Crippen LogP contribution in [0.5, 0.6) is 0 Å². The molecule has 0 aliphatic rings. The smallest absolute Gasteiger partial charge is 0.220 e. The fourth-order valence-electron chi connectivity index (χ4n) is 3.27. The Morgan fingerprint density at radius 3 is 2.04 bits per heavy atom. The summed E-state index contributed by atoms with van der Waals surface area (Å²) < 4.78 is 25.7. The summed E-state index contributed by atoms with van der Waals surface area (Å²) >= 11 is 1.63. The zero-order valence-corrected chi connectivity index (χ0v) is 17.2. The number of primary sulfonamides is 1. The molecular formula is C22H20N2O2S2. The maximum absolute atomic E-state index is 12.3. The maximum Gasteiger partial charge on any atom is 0.220 e. The third-order valence-corrected chi connectivity index (χ3v) is 6.98. The third kappa shape index (κ3) is 3.71. The molecular weight excluding hydrogens is 388 g/mol. The van der Waals surface area contributed by atoms with Crippen LogP contribution in [-0.2, 0) is 10.0 Å². The van der Waals surface area contributed by atoms with Crippen molar-refractivity contribution < 1.29 is 8.42 Å². The number of aryl methyl sites for hydroxylation is 2. The molecule has 0 spiro atoms. The van der Waals surface area contributed by atoms with Gasteiger partial charge in [0, 0.05) is 5.56 Å². The van der Waals surface area contributed by atoms with Gasteiger partial charge in [-0.3, -0.25) is 0 Å². The Kier molecular flexibility index (Phi) is 4.79. The van der Waals surface area contributed by atoms with Crippen molar-refractivity contribution in [3.63, 3.8) is 0 Å². The molecule has 142 valence electrons. The SMILES string of the molecule is Cc1ccc(C(c2ccc(-c3nc4ccc(C)cc4s3)cc2)S(N)(=O)=O)cc1. The Balaban J connectivity index is 1.73. The first-order valence-electron chi connectivity index (χ1n) is 8.87. The molecule has 1 aromatic heterocycles. The van der Waals surface area contributed by atoms with Crippen LogP contribution in [0.3, 0.4) is 0 Å². The summed E-state index contributed by atoms with van der Waals surface area (Å²) in [5.41, 5.74) is 5.50. The topological polar surface area (TPSA) is 73.0 Å². The van der Waals surface area contributed by atoms with Crippen molar-refractivity contribution in [2.75, 3.05) is 0 Å². The fourth-order valence-corrected chi connectivity index (χ4v) is 5.41. The van der Waals surface area contributed by atoms with Gasteiger partial charge in [0.25, 0.3) is 0 Å². The van der Waals surface area contributed by atoms with Gasteiger partial charge in [-0.25, -0.2) is 18.5 Å². The summed E-state index contributed by atoms with van der Waals surface area (Å²) in [6.07, 6.45) is 0. The van der Waals surface area contributed by atoms with E-state index in [1.165, 1.54) is 5.56 Å². The molecule has 4 aromatic rings. The van der Waals surface area contributed by atoms with Gasteiger partial charge in [0.2, 0.25) is 10.0 Å². The molecule has 0 saturated heterocycles. The fraction of sp³-hybridized carbons (Fsp3) is 0.136. The number of fused-ring (bicyclic) bond motifs is 1. The number of benzene rings is 3. The van der Waals surface area contributed by atoms with Crippen LogP contribution >= 0.6 is 11.3 Å². The number of nitrogens with two attached hydrogens (primary N) is 1. The predicted molar refractivity (Wildman–Crippen MR) is 116 cm³/mol. The van der Waals surface area contributed by atoms with Gasteiger partial charge in [0.05, 0.1) is 10.2 Å². The van der Waals surface area contributed by atoms with E-state index in [9.17, 15) is 8.42 Å². The highest BCUT2D eigenvalue weighted by atomic mass is 32.2. The Labute approximate surface area is 168 Å². The normalized spacial score (nSPS) is 13.0. The van der Waals surface area contributed by atoms with E-state index in [0.717, 1.165) is 26.4 Å². The van der Waals surface area contributed by atoms with Crippen LogP contribution in [-0.4, -0.2) is 13.4 Å². The zero-order valence-electron chi connectivity index (χ0n) is 15.6. The lowest BCUT2D eigenvalue weighted by Gasteiger charge is -2.16. The van der Waals surface area contributed by atoms with Gasteiger partial charge in [-0.2, -0.15) is 0 Å². The van der Waals surface area contributed by atoms with E-state index in [2.05, 4.69) is 13.0 Å². The van der Waals surface area contributed by atoms with Crippen LogP contribution < -0.4 is 5.14 Å². The Morgan fingerprint density at radius 2 is 1.43 bits per heavy atom. The second-order valence-corrected chi connectivity index (χ2v) is 9.67. The van der Waals surface area contributed by atoms with Crippen LogP contribution in [0.15, 0.2) is 66.7 Å². The number of hydrogen-bond acceptors (Lipinski definition) is 4. The minimum absolute atomic E-state index is 0.645. The average Bonchev–Trinajstić information content (AvgIpc) is 3.06. The Hall–Kier alpha value is -2.54. The van der Waals surface area contributed by atoms with Crippen molar-refractivity contribution in [2.45, 2.75) is 19.1 Å². The molecule has 4 rings (SSSR count). The van der Waals surface area contributed by atoms with Crippen molar-refractivity contribution >= 4 is 31.6 Å². The van der Waals surface area contributed by atoms with E-state index in [-0.39, 0.29) is 0 Å². The molecule has 4 nitrogen and oxygen atoms in total. The van der Waals surface area contributed by atoms with E-state index in [0.29, 0.717) is 11.1 Å². The molecule has 1 heterocycles. The van der Waals surface area contributed by atoms with Gasteiger partial charge in [-0.05, 0) is 42.7 Å². The molecule has 0 amide bonds. The Bertz CT molecular complexity index is 1240. The number of sulfonamides is 1. The monoisotopic (exact) mass is 408 g/mol. The third-order valence-electron chi connectivity index (χ3n) is 4.71. The average molecular weight is 409 g/mol. The summed E-state index contributed by atoms with van der Waals surface area (Å²) in [7, 11) is -3.80. The zero-order chi connectivity index (χ0) is 19.9. The van der Waals surface area contributed by atoms with E-state index in [4.69, 9.17) is 10.1 Å². The number of hydrogen-bond donors (Lipinski definition) is 1. The van der Waals surface area contributed by atoms with Crippen LogP contribution in [0.4, 0.5) is 0 Å². The molecule has 6 heteroatoms. The van der Waals surface area contributed by atoms with E-state index in [1.54, 1.807) is 11.3 Å². The van der Waals surface area contributed by atoms with E-state index in [1.807, 2.05) is 67.6 Å². The number of rotatable bonds is 4. The second-order valence-electron chi connectivity index (χ2n) is 6.99. The van der Waals surface area contributed by atoms with Crippen LogP contribution in [0.2, 0.25) is 0 Å². The largest absolute Gasteiger partial charge is 0.236 e. The minimum Gasteiger partial charge on any atom is -0.236 e. The molecule has 0 aliphatic carbocycles. The van der Waals surface area contributed by atoms with Gasteiger partial charge < -0.3 is 0 Å².